The van der Waals surface area contributed by atoms with Gasteiger partial charge in [-0.1, -0.05) is 32.0 Å². The molecule has 0 saturated heterocycles. The average molecular weight is 339 g/mol. The van der Waals surface area contributed by atoms with Crippen LogP contribution in [0.5, 0.6) is 0 Å². The van der Waals surface area contributed by atoms with Crippen LogP contribution in [0.4, 0.5) is 0 Å². The van der Waals surface area contributed by atoms with Crippen molar-refractivity contribution in [2.24, 2.45) is 13.0 Å². The van der Waals surface area contributed by atoms with E-state index in [0.717, 1.165) is 27.0 Å². The van der Waals surface area contributed by atoms with Crippen molar-refractivity contribution in [1.82, 2.24) is 15.1 Å². The molecule has 1 aromatic carbocycles. The van der Waals surface area contributed by atoms with Crippen molar-refractivity contribution >= 4 is 16.9 Å². The number of hydrogen-bond donors (Lipinski definition) is 1. The van der Waals surface area contributed by atoms with Crippen LogP contribution in [0.1, 0.15) is 41.7 Å². The fourth-order valence-electron chi connectivity index (χ4n) is 2.86. The van der Waals surface area contributed by atoms with Gasteiger partial charge in [0.2, 0.25) is 0 Å². The molecule has 6 heteroatoms. The summed E-state index contributed by atoms with van der Waals surface area (Å²) in [7, 11) is 1.52. The van der Waals surface area contributed by atoms with E-state index in [1.54, 1.807) is 0 Å². The number of amides is 1. The summed E-state index contributed by atoms with van der Waals surface area (Å²) < 4.78 is 7.16. The maximum Gasteiger partial charge on any atom is 0.272 e. The summed E-state index contributed by atoms with van der Waals surface area (Å²) in [6.45, 7) is 6.03. The lowest BCUT2D eigenvalue weighted by molar-refractivity contribution is 0.0911. The van der Waals surface area contributed by atoms with Gasteiger partial charge in [-0.3, -0.25) is 9.59 Å². The zero-order chi connectivity index (χ0) is 18.1. The number of carbonyl (C=O) groups is 1. The van der Waals surface area contributed by atoms with Gasteiger partial charge in [-0.25, -0.2) is 4.68 Å². The number of aryl methyl sites for hydroxylation is 2. The number of nitrogens with one attached hydrogen (secondary N) is 1. The molecule has 2 heterocycles. The van der Waals surface area contributed by atoms with Crippen LogP contribution >= 0.6 is 0 Å². The maximum atomic E-state index is 12.6. The van der Waals surface area contributed by atoms with Crippen LogP contribution in [0.3, 0.4) is 0 Å². The van der Waals surface area contributed by atoms with Gasteiger partial charge in [-0.15, -0.1) is 0 Å². The second-order valence-corrected chi connectivity index (χ2v) is 6.46. The number of nitrogens with zero attached hydrogens (tertiary/aromatic N) is 2. The minimum atomic E-state index is -0.339. The third kappa shape index (κ3) is 3.20. The van der Waals surface area contributed by atoms with Gasteiger partial charge in [0.05, 0.1) is 6.04 Å². The molecule has 0 fully saturated rings. The number of furan rings is 1. The van der Waals surface area contributed by atoms with Crippen molar-refractivity contribution in [2.45, 2.75) is 26.8 Å². The van der Waals surface area contributed by atoms with E-state index < -0.39 is 0 Å². The second-order valence-electron chi connectivity index (χ2n) is 6.46. The van der Waals surface area contributed by atoms with Crippen molar-refractivity contribution in [2.75, 3.05) is 0 Å². The highest BCUT2D eigenvalue weighted by atomic mass is 16.3. The molecule has 0 unspecified atom stereocenters. The van der Waals surface area contributed by atoms with Crippen LogP contribution in [0.25, 0.3) is 11.0 Å². The molecule has 1 amide bonds. The molecule has 3 aromatic rings. The molecule has 0 bridgehead atoms. The van der Waals surface area contributed by atoms with Crippen LogP contribution < -0.4 is 10.9 Å². The molecule has 0 aliphatic heterocycles. The van der Waals surface area contributed by atoms with Gasteiger partial charge in [0.15, 0.2) is 0 Å². The highest BCUT2D eigenvalue weighted by Crippen LogP contribution is 2.32. The summed E-state index contributed by atoms with van der Waals surface area (Å²) in [5, 5.41) is 8.03. The van der Waals surface area contributed by atoms with E-state index in [0.29, 0.717) is 0 Å². The Labute approximate surface area is 145 Å². The minimum absolute atomic E-state index is 0.121. The lowest BCUT2D eigenvalue weighted by atomic mass is 9.98. The summed E-state index contributed by atoms with van der Waals surface area (Å²) in [5.74, 6) is 0.527. The zero-order valence-electron chi connectivity index (χ0n) is 14.7. The predicted molar refractivity (Wildman–Crippen MR) is 95.5 cm³/mol. The first-order chi connectivity index (χ1) is 11.9. The first-order valence-corrected chi connectivity index (χ1v) is 8.21. The van der Waals surface area contributed by atoms with Gasteiger partial charge in [-0.05, 0) is 25.0 Å². The van der Waals surface area contributed by atoms with E-state index in [4.69, 9.17) is 4.42 Å². The molecule has 1 N–H and O–H groups in total. The summed E-state index contributed by atoms with van der Waals surface area (Å²) >= 11 is 0. The third-order valence-electron chi connectivity index (χ3n) is 4.31. The van der Waals surface area contributed by atoms with E-state index in [9.17, 15) is 9.59 Å². The Balaban J connectivity index is 1.95. The quantitative estimate of drug-likeness (QED) is 0.793. The Hall–Kier alpha value is -2.89. The van der Waals surface area contributed by atoms with Crippen molar-refractivity contribution in [3.63, 3.8) is 0 Å². The molecule has 0 radical (unpaired) electrons. The Morgan fingerprint density at radius 1 is 1.20 bits per heavy atom. The minimum Gasteiger partial charge on any atom is -0.459 e. The summed E-state index contributed by atoms with van der Waals surface area (Å²) in [6, 6.07) is 10.3. The van der Waals surface area contributed by atoms with E-state index in [1.165, 1.54) is 19.2 Å². The number of hydrogen-bond acceptors (Lipinski definition) is 4. The van der Waals surface area contributed by atoms with Crippen molar-refractivity contribution in [3.8, 4) is 0 Å². The molecule has 25 heavy (non-hydrogen) atoms. The SMILES string of the molecule is Cc1c([C@@H](NC(=O)c2ccc(=O)n(C)n2)C(C)C)oc2ccccc12. The Bertz CT molecular complexity index is 985. The molecule has 2 aromatic heterocycles. The first kappa shape index (κ1) is 17.0. The number of rotatable bonds is 4. The van der Waals surface area contributed by atoms with Crippen LogP contribution in [-0.2, 0) is 7.05 Å². The lowest BCUT2D eigenvalue weighted by Crippen LogP contribution is -2.34. The van der Waals surface area contributed by atoms with E-state index in [-0.39, 0.29) is 29.1 Å². The highest BCUT2D eigenvalue weighted by molar-refractivity contribution is 5.92. The van der Waals surface area contributed by atoms with Gasteiger partial charge in [-0.2, -0.15) is 5.10 Å². The predicted octanol–water partition coefficient (Wildman–Crippen LogP) is 2.96. The third-order valence-corrected chi connectivity index (χ3v) is 4.31. The number of benzene rings is 1. The van der Waals surface area contributed by atoms with Gasteiger partial charge in [0.25, 0.3) is 11.5 Å². The number of para-hydroxylation sites is 1. The van der Waals surface area contributed by atoms with Crippen LogP contribution in [-0.4, -0.2) is 15.7 Å². The molecule has 3 rings (SSSR count). The van der Waals surface area contributed by atoms with Crippen LogP contribution in [0, 0.1) is 12.8 Å². The Kier molecular flexibility index (Phi) is 4.44. The standard InChI is InChI=1S/C19H21N3O3/c1-11(2)17(18-12(3)13-7-5-6-8-15(13)25-18)20-19(24)14-9-10-16(23)22(4)21-14/h5-11,17H,1-4H3,(H,20,24)/t17-/m0/s1. The number of fused-ring (bicyclic) bond motifs is 1. The first-order valence-electron chi connectivity index (χ1n) is 8.21. The summed E-state index contributed by atoms with van der Waals surface area (Å²) in [6.07, 6.45) is 0. The summed E-state index contributed by atoms with van der Waals surface area (Å²) in [5.41, 5.74) is 1.75. The normalized spacial score (nSPS) is 12.5. The fraction of sp³-hybridized carbons (Fsp3) is 0.316. The fourth-order valence-corrected chi connectivity index (χ4v) is 2.86. The zero-order valence-corrected chi connectivity index (χ0v) is 14.7. The highest BCUT2D eigenvalue weighted by Gasteiger charge is 2.26. The van der Waals surface area contributed by atoms with E-state index in [2.05, 4.69) is 10.4 Å². The smallest absolute Gasteiger partial charge is 0.272 e. The molecule has 0 aliphatic rings. The van der Waals surface area contributed by atoms with Crippen LogP contribution in [0.2, 0.25) is 0 Å². The molecule has 0 aliphatic carbocycles. The van der Waals surface area contributed by atoms with E-state index >= 15 is 0 Å². The van der Waals surface area contributed by atoms with Gasteiger partial charge in [0, 0.05) is 24.1 Å². The van der Waals surface area contributed by atoms with E-state index in [1.807, 2.05) is 45.0 Å². The van der Waals surface area contributed by atoms with Gasteiger partial charge >= 0.3 is 0 Å². The van der Waals surface area contributed by atoms with Crippen molar-refractivity contribution in [3.05, 3.63) is 63.8 Å². The molecule has 6 nitrogen and oxygen atoms in total. The molecule has 0 spiro atoms. The lowest BCUT2D eigenvalue weighted by Gasteiger charge is -2.21. The molecule has 1 atom stereocenters. The number of carbonyl (C=O) groups excluding carboxylic acids is 1. The molecular formula is C19H21N3O3. The Morgan fingerprint density at radius 3 is 2.56 bits per heavy atom. The summed E-state index contributed by atoms with van der Waals surface area (Å²) in [4.78, 5) is 24.0. The maximum absolute atomic E-state index is 12.6. The topological polar surface area (TPSA) is 77.1 Å². The monoisotopic (exact) mass is 339 g/mol. The van der Waals surface area contributed by atoms with Gasteiger partial charge < -0.3 is 9.73 Å². The average Bonchev–Trinajstić information content (AvgIpc) is 2.91. The molecule has 0 saturated carbocycles. The van der Waals surface area contributed by atoms with Crippen molar-refractivity contribution in [1.29, 1.82) is 0 Å². The largest absolute Gasteiger partial charge is 0.459 e. The van der Waals surface area contributed by atoms with Gasteiger partial charge in [0.1, 0.15) is 17.0 Å². The second kappa shape index (κ2) is 6.55. The Morgan fingerprint density at radius 2 is 1.92 bits per heavy atom. The molecular weight excluding hydrogens is 318 g/mol. The molecule has 130 valence electrons. The van der Waals surface area contributed by atoms with Crippen LogP contribution in [0.15, 0.2) is 45.6 Å². The van der Waals surface area contributed by atoms with Crippen molar-refractivity contribution < 1.29 is 9.21 Å². The number of aromatic nitrogens is 2.